The van der Waals surface area contributed by atoms with Crippen molar-refractivity contribution < 1.29 is 22.3 Å². The van der Waals surface area contributed by atoms with E-state index in [0.29, 0.717) is 59.8 Å². The Morgan fingerprint density at radius 2 is 1.88 bits per heavy atom. The van der Waals surface area contributed by atoms with Crippen LogP contribution in [0.25, 0.3) is 22.2 Å². The van der Waals surface area contributed by atoms with Crippen LogP contribution in [0.4, 0.5) is 15.1 Å². The Balaban J connectivity index is 1.65. The molecule has 1 aromatic carbocycles. The maximum atomic E-state index is 15.4. The molecule has 1 atom stereocenters. The lowest BCUT2D eigenvalue weighted by Gasteiger charge is -2.30. The maximum absolute atomic E-state index is 15.4. The Bertz CT molecular complexity index is 1540. The summed E-state index contributed by atoms with van der Waals surface area (Å²) in [6.07, 6.45) is 3.25. The van der Waals surface area contributed by atoms with Gasteiger partial charge in [0, 0.05) is 35.8 Å². The minimum atomic E-state index is -3.23. The lowest BCUT2D eigenvalue weighted by atomic mass is 9.98. The van der Waals surface area contributed by atoms with Gasteiger partial charge in [-0.2, -0.15) is 0 Å². The summed E-state index contributed by atoms with van der Waals surface area (Å²) in [6, 6.07) is 4.33. The highest BCUT2D eigenvalue weighted by atomic mass is 35.5. The quantitative estimate of drug-likeness (QED) is 0.399. The molecule has 1 aliphatic heterocycles. The van der Waals surface area contributed by atoms with Gasteiger partial charge >= 0.3 is 6.09 Å². The third-order valence-electron chi connectivity index (χ3n) is 6.50. The number of nitrogens with zero attached hydrogens (tertiary/aromatic N) is 4. The van der Waals surface area contributed by atoms with Crippen molar-refractivity contribution in [1.29, 1.82) is 0 Å². The van der Waals surface area contributed by atoms with Crippen LogP contribution in [0.5, 0.6) is 0 Å². The van der Waals surface area contributed by atoms with Gasteiger partial charge in [0.2, 0.25) is 16.0 Å². The van der Waals surface area contributed by atoms with Gasteiger partial charge in [-0.15, -0.1) is 0 Å². The average molecular weight is 593 g/mol. The van der Waals surface area contributed by atoms with E-state index in [2.05, 4.69) is 25.6 Å². The Hall–Kier alpha value is -3.09. The number of aromatic nitrogens is 3. The SMILES string of the molecule is Cc1cc(C(C)NC(=O)OC(C)(C)C)c2cc(-c3nc(NC4CCN(S(C)(=O)=O)CC4)ncc3Cl)cc(F)c2n1. The number of pyridine rings is 1. The molecule has 1 fully saturated rings. The van der Waals surface area contributed by atoms with E-state index in [1.54, 1.807) is 46.8 Å². The highest BCUT2D eigenvalue weighted by Crippen LogP contribution is 2.34. The number of aryl methyl sites for hydroxylation is 1. The smallest absolute Gasteiger partial charge is 0.408 e. The summed E-state index contributed by atoms with van der Waals surface area (Å²) in [6.45, 7) is 9.68. The molecular formula is C27H34ClFN6O4S. The van der Waals surface area contributed by atoms with E-state index in [1.807, 2.05) is 0 Å². The van der Waals surface area contributed by atoms with Crippen molar-refractivity contribution in [3.63, 3.8) is 0 Å². The molecular weight excluding hydrogens is 559 g/mol. The number of halogens is 2. The van der Waals surface area contributed by atoms with Crippen molar-refractivity contribution in [3.8, 4) is 11.3 Å². The molecule has 0 bridgehead atoms. The molecule has 0 aliphatic carbocycles. The lowest BCUT2D eigenvalue weighted by Crippen LogP contribution is -2.42. The molecule has 0 radical (unpaired) electrons. The van der Waals surface area contributed by atoms with Crippen molar-refractivity contribution in [1.82, 2.24) is 24.6 Å². The Kier molecular flexibility index (Phi) is 8.53. The van der Waals surface area contributed by atoms with Crippen LogP contribution in [0.15, 0.2) is 24.4 Å². The van der Waals surface area contributed by atoms with Gasteiger partial charge in [0.25, 0.3) is 0 Å². The van der Waals surface area contributed by atoms with Crippen LogP contribution in [0.1, 0.15) is 57.8 Å². The Morgan fingerprint density at radius 3 is 2.50 bits per heavy atom. The lowest BCUT2D eigenvalue weighted by molar-refractivity contribution is 0.0508. The van der Waals surface area contributed by atoms with E-state index in [1.165, 1.54) is 22.8 Å². The van der Waals surface area contributed by atoms with Gasteiger partial charge in [-0.3, -0.25) is 4.98 Å². The molecule has 3 aromatic rings. The minimum Gasteiger partial charge on any atom is -0.444 e. The molecule has 3 heterocycles. The van der Waals surface area contributed by atoms with E-state index in [9.17, 15) is 13.2 Å². The number of rotatable bonds is 6. The third kappa shape index (κ3) is 7.15. The average Bonchev–Trinajstić information content (AvgIpc) is 2.83. The van der Waals surface area contributed by atoms with Gasteiger partial charge in [0.15, 0.2) is 0 Å². The van der Waals surface area contributed by atoms with E-state index >= 15 is 4.39 Å². The van der Waals surface area contributed by atoms with Gasteiger partial charge in [-0.25, -0.2) is 31.9 Å². The molecule has 2 N–H and O–H groups in total. The topological polar surface area (TPSA) is 126 Å². The van der Waals surface area contributed by atoms with Crippen LogP contribution in [-0.2, 0) is 14.8 Å². The highest BCUT2D eigenvalue weighted by molar-refractivity contribution is 7.88. The van der Waals surface area contributed by atoms with Crippen molar-refractivity contribution >= 4 is 44.6 Å². The molecule has 1 aliphatic rings. The fourth-order valence-corrected chi connectivity index (χ4v) is 5.73. The summed E-state index contributed by atoms with van der Waals surface area (Å²) >= 11 is 6.47. The summed E-state index contributed by atoms with van der Waals surface area (Å²) in [5.41, 5.74) is 1.50. The predicted octanol–water partition coefficient (Wildman–Crippen LogP) is 5.21. The van der Waals surface area contributed by atoms with Crippen molar-refractivity contribution in [2.45, 2.75) is 65.1 Å². The fourth-order valence-electron chi connectivity index (χ4n) is 4.65. The highest BCUT2D eigenvalue weighted by Gasteiger charge is 2.26. The number of ether oxygens (including phenoxy) is 1. The zero-order chi connectivity index (χ0) is 29.4. The second kappa shape index (κ2) is 11.4. The molecule has 4 rings (SSSR count). The van der Waals surface area contributed by atoms with Crippen molar-refractivity contribution in [3.05, 3.63) is 46.5 Å². The largest absolute Gasteiger partial charge is 0.444 e. The number of carbonyl (C=O) groups excluding carboxylic acids is 1. The number of fused-ring (bicyclic) bond motifs is 1. The summed E-state index contributed by atoms with van der Waals surface area (Å²) in [4.78, 5) is 25.7. The standard InChI is InChI=1S/C27H34ClFN6O4S/c1-15-11-19(16(2)32-26(36)39-27(3,4)5)20-12-17(13-22(29)24(20)31-15)23-21(28)14-30-25(34-23)33-18-7-9-35(10-8-18)40(6,37)38/h11-14,16,18H,7-10H2,1-6H3,(H,32,36)(H,30,33,34). The van der Waals surface area contributed by atoms with Crippen LogP contribution in [0.3, 0.4) is 0 Å². The van der Waals surface area contributed by atoms with Gasteiger partial charge in [-0.1, -0.05) is 11.6 Å². The molecule has 1 amide bonds. The van der Waals surface area contributed by atoms with Crippen LogP contribution >= 0.6 is 11.6 Å². The van der Waals surface area contributed by atoms with Crippen molar-refractivity contribution in [2.75, 3.05) is 24.7 Å². The second-order valence-electron chi connectivity index (χ2n) is 11.0. The monoisotopic (exact) mass is 592 g/mol. The molecule has 0 saturated carbocycles. The molecule has 40 heavy (non-hydrogen) atoms. The van der Waals surface area contributed by atoms with Crippen LogP contribution in [-0.4, -0.2) is 64.8 Å². The van der Waals surface area contributed by atoms with E-state index in [4.69, 9.17) is 16.3 Å². The number of hydrogen-bond donors (Lipinski definition) is 2. The predicted molar refractivity (Wildman–Crippen MR) is 153 cm³/mol. The zero-order valence-electron chi connectivity index (χ0n) is 23.4. The number of piperidine rings is 1. The van der Waals surface area contributed by atoms with Crippen molar-refractivity contribution in [2.24, 2.45) is 0 Å². The summed E-state index contributed by atoms with van der Waals surface area (Å²) < 4.78 is 45.9. The van der Waals surface area contributed by atoms with Crippen LogP contribution in [0, 0.1) is 12.7 Å². The first-order chi connectivity index (χ1) is 18.6. The number of carbonyl (C=O) groups is 1. The molecule has 1 saturated heterocycles. The van der Waals surface area contributed by atoms with Crippen LogP contribution < -0.4 is 10.6 Å². The second-order valence-corrected chi connectivity index (χ2v) is 13.4. The molecule has 1 unspecified atom stereocenters. The number of benzene rings is 1. The van der Waals surface area contributed by atoms with Gasteiger partial charge in [0.05, 0.1) is 29.2 Å². The first kappa shape index (κ1) is 29.9. The van der Waals surface area contributed by atoms with Crippen LogP contribution in [0.2, 0.25) is 5.02 Å². The van der Waals surface area contributed by atoms with Gasteiger partial charge < -0.3 is 15.4 Å². The number of hydrogen-bond acceptors (Lipinski definition) is 8. The summed E-state index contributed by atoms with van der Waals surface area (Å²) in [5.74, 6) is -0.251. The number of alkyl carbamates (subject to hydrolysis) is 1. The molecule has 13 heteroatoms. The molecule has 2 aromatic heterocycles. The number of nitrogens with one attached hydrogen (secondary N) is 2. The van der Waals surface area contributed by atoms with E-state index in [-0.39, 0.29) is 16.6 Å². The number of anilines is 1. The fraction of sp³-hybridized carbons (Fsp3) is 0.481. The van der Waals surface area contributed by atoms with E-state index < -0.39 is 33.6 Å². The Labute approximate surface area is 238 Å². The Morgan fingerprint density at radius 1 is 1.20 bits per heavy atom. The molecule has 0 spiro atoms. The maximum Gasteiger partial charge on any atom is 0.408 e. The van der Waals surface area contributed by atoms with E-state index in [0.717, 1.165) is 0 Å². The number of amides is 1. The van der Waals surface area contributed by atoms with Gasteiger partial charge in [0.1, 0.15) is 16.9 Å². The number of sulfonamides is 1. The molecule has 216 valence electrons. The normalized spacial score (nSPS) is 16.1. The summed E-state index contributed by atoms with van der Waals surface area (Å²) in [7, 11) is -3.23. The summed E-state index contributed by atoms with van der Waals surface area (Å²) in [5, 5.41) is 6.80. The first-order valence-corrected chi connectivity index (χ1v) is 15.2. The third-order valence-corrected chi connectivity index (χ3v) is 8.08. The first-order valence-electron chi connectivity index (χ1n) is 13.0. The van der Waals surface area contributed by atoms with Gasteiger partial charge in [-0.05, 0) is 71.2 Å². The minimum absolute atomic E-state index is 0.0288. The molecule has 10 nitrogen and oxygen atoms in total. The zero-order valence-corrected chi connectivity index (χ0v) is 25.0.